The zero-order valence-electron chi connectivity index (χ0n) is 11.1. The molecule has 5 heteroatoms. The summed E-state index contributed by atoms with van der Waals surface area (Å²) >= 11 is 0. The van der Waals surface area contributed by atoms with Crippen molar-refractivity contribution in [2.45, 2.75) is 32.7 Å². The molecule has 1 rings (SSSR count). The van der Waals surface area contributed by atoms with E-state index in [9.17, 15) is 9.59 Å². The van der Waals surface area contributed by atoms with Crippen LogP contribution in [0.5, 0.6) is 0 Å². The second-order valence-electron chi connectivity index (χ2n) is 5.25. The summed E-state index contributed by atoms with van der Waals surface area (Å²) in [7, 11) is 2.95. The van der Waals surface area contributed by atoms with Gasteiger partial charge in [-0.05, 0) is 24.8 Å². The summed E-state index contributed by atoms with van der Waals surface area (Å²) in [5.74, 6) is -0.436. The third kappa shape index (κ3) is 3.43. The van der Waals surface area contributed by atoms with Crippen LogP contribution in [0.2, 0.25) is 0 Å². The van der Waals surface area contributed by atoms with Gasteiger partial charge in [-0.3, -0.25) is 9.59 Å². The average molecular weight is 242 g/mol. The molecule has 0 aliphatic carbocycles. The number of amides is 1. The first-order valence-electron chi connectivity index (χ1n) is 5.93. The third-order valence-electron chi connectivity index (χ3n) is 3.34. The molecule has 1 unspecified atom stereocenters. The van der Waals surface area contributed by atoms with Crippen LogP contribution >= 0.6 is 0 Å². The van der Waals surface area contributed by atoms with Gasteiger partial charge in [0.05, 0.1) is 13.2 Å². The highest BCUT2D eigenvalue weighted by Gasteiger charge is 2.38. The molecule has 98 valence electrons. The molecule has 0 radical (unpaired) electrons. The Kier molecular flexibility index (Phi) is 4.51. The van der Waals surface area contributed by atoms with Gasteiger partial charge in [0.1, 0.15) is 6.54 Å². The van der Waals surface area contributed by atoms with E-state index in [-0.39, 0.29) is 23.9 Å². The summed E-state index contributed by atoms with van der Waals surface area (Å²) in [6.07, 6.45) is 2.10. The van der Waals surface area contributed by atoms with Crippen LogP contribution < -0.4 is 5.32 Å². The molecule has 1 amide bonds. The predicted octanol–water partition coefficient (Wildman–Crippen LogP) is 0.396. The van der Waals surface area contributed by atoms with Gasteiger partial charge >= 0.3 is 5.97 Å². The van der Waals surface area contributed by atoms with Gasteiger partial charge in [0.15, 0.2) is 0 Å². The van der Waals surface area contributed by atoms with E-state index in [1.165, 1.54) is 12.0 Å². The summed E-state index contributed by atoms with van der Waals surface area (Å²) in [6.45, 7) is 5.01. The Morgan fingerprint density at radius 2 is 2.12 bits per heavy atom. The van der Waals surface area contributed by atoms with Crippen molar-refractivity contribution >= 4 is 11.9 Å². The summed E-state index contributed by atoms with van der Waals surface area (Å²) in [5.41, 5.74) is -0.0697. The van der Waals surface area contributed by atoms with Crippen LogP contribution in [0.3, 0.4) is 0 Å². The molecule has 1 aliphatic heterocycles. The first-order chi connectivity index (χ1) is 7.88. The fourth-order valence-electron chi connectivity index (χ4n) is 2.19. The Balaban J connectivity index is 2.64. The predicted molar refractivity (Wildman–Crippen MR) is 64.5 cm³/mol. The summed E-state index contributed by atoms with van der Waals surface area (Å²) in [5, 5.41) is 3.24. The van der Waals surface area contributed by atoms with Crippen molar-refractivity contribution in [2.75, 3.05) is 27.2 Å². The van der Waals surface area contributed by atoms with E-state index in [1.807, 2.05) is 0 Å². The molecule has 1 heterocycles. The molecule has 1 N–H and O–H groups in total. The topological polar surface area (TPSA) is 58.6 Å². The van der Waals surface area contributed by atoms with E-state index in [0.29, 0.717) is 0 Å². The monoisotopic (exact) mass is 242 g/mol. The molecular weight excluding hydrogens is 220 g/mol. The number of likely N-dealkylation sites (N-methyl/N-ethyl adjacent to an activating group) is 1. The van der Waals surface area contributed by atoms with Crippen molar-refractivity contribution in [2.24, 2.45) is 5.41 Å². The second kappa shape index (κ2) is 5.49. The maximum absolute atomic E-state index is 12.2. The Morgan fingerprint density at radius 1 is 1.47 bits per heavy atom. The minimum Gasteiger partial charge on any atom is -0.468 e. The molecule has 0 aromatic carbocycles. The van der Waals surface area contributed by atoms with Crippen LogP contribution in [0.25, 0.3) is 0 Å². The van der Waals surface area contributed by atoms with Crippen LogP contribution in [0, 0.1) is 5.41 Å². The number of methoxy groups -OCH3 is 1. The lowest BCUT2D eigenvalue weighted by Crippen LogP contribution is -2.56. The number of ether oxygens (including phenoxy) is 1. The molecule has 1 aliphatic rings. The lowest BCUT2D eigenvalue weighted by atomic mass is 9.77. The standard InChI is InChI=1S/C12H22N2O3/c1-12(2)6-5-7-13-10(12)11(16)14(3)8-9(15)17-4/h10,13H,5-8H2,1-4H3. The first kappa shape index (κ1) is 14.0. The van der Waals surface area contributed by atoms with Crippen molar-refractivity contribution in [3.63, 3.8) is 0 Å². The number of hydrogen-bond donors (Lipinski definition) is 1. The molecule has 0 aromatic rings. The van der Waals surface area contributed by atoms with Crippen molar-refractivity contribution < 1.29 is 14.3 Å². The lowest BCUT2D eigenvalue weighted by Gasteiger charge is -2.39. The minimum absolute atomic E-state index is 0.00356. The van der Waals surface area contributed by atoms with E-state index < -0.39 is 5.97 Å². The molecule has 0 aromatic heterocycles. The Bertz CT molecular complexity index is 302. The number of rotatable bonds is 3. The smallest absolute Gasteiger partial charge is 0.325 e. The van der Waals surface area contributed by atoms with Gasteiger partial charge in [-0.15, -0.1) is 0 Å². The average Bonchev–Trinajstić information content (AvgIpc) is 2.27. The Labute approximate surface area is 102 Å². The molecule has 0 saturated carbocycles. The van der Waals surface area contributed by atoms with Crippen LogP contribution in [-0.2, 0) is 14.3 Å². The van der Waals surface area contributed by atoms with Gasteiger partial charge in [0, 0.05) is 7.05 Å². The largest absolute Gasteiger partial charge is 0.468 e. The molecule has 1 fully saturated rings. The Morgan fingerprint density at radius 3 is 2.65 bits per heavy atom. The molecule has 17 heavy (non-hydrogen) atoms. The zero-order valence-corrected chi connectivity index (χ0v) is 11.1. The fraction of sp³-hybridized carbons (Fsp3) is 0.833. The molecular formula is C12H22N2O3. The van der Waals surface area contributed by atoms with Gasteiger partial charge in [0.25, 0.3) is 0 Å². The molecule has 1 atom stereocenters. The Hall–Kier alpha value is -1.10. The van der Waals surface area contributed by atoms with Gasteiger partial charge in [0.2, 0.25) is 5.91 Å². The van der Waals surface area contributed by atoms with Crippen LogP contribution in [0.15, 0.2) is 0 Å². The van der Waals surface area contributed by atoms with Crippen molar-refractivity contribution in [3.05, 3.63) is 0 Å². The molecule has 1 saturated heterocycles. The van der Waals surface area contributed by atoms with Gasteiger partial charge in [-0.1, -0.05) is 13.8 Å². The number of nitrogens with zero attached hydrogens (tertiary/aromatic N) is 1. The highest BCUT2D eigenvalue weighted by molar-refractivity contribution is 5.86. The van der Waals surface area contributed by atoms with Gasteiger partial charge in [-0.2, -0.15) is 0 Å². The maximum Gasteiger partial charge on any atom is 0.325 e. The number of nitrogens with one attached hydrogen (secondary N) is 1. The van der Waals surface area contributed by atoms with Crippen LogP contribution in [0.1, 0.15) is 26.7 Å². The van der Waals surface area contributed by atoms with E-state index in [4.69, 9.17) is 0 Å². The van der Waals surface area contributed by atoms with E-state index in [0.717, 1.165) is 19.4 Å². The number of piperidine rings is 1. The number of carbonyl (C=O) groups excluding carboxylic acids is 2. The quantitative estimate of drug-likeness (QED) is 0.728. The van der Waals surface area contributed by atoms with Crippen LogP contribution in [-0.4, -0.2) is 50.1 Å². The third-order valence-corrected chi connectivity index (χ3v) is 3.34. The molecule has 0 bridgehead atoms. The van der Waals surface area contributed by atoms with E-state index >= 15 is 0 Å². The highest BCUT2D eigenvalue weighted by atomic mass is 16.5. The minimum atomic E-state index is -0.394. The van der Waals surface area contributed by atoms with E-state index in [2.05, 4.69) is 23.9 Å². The number of carbonyl (C=O) groups is 2. The van der Waals surface area contributed by atoms with Crippen molar-refractivity contribution in [1.29, 1.82) is 0 Å². The second-order valence-corrected chi connectivity index (χ2v) is 5.25. The fourth-order valence-corrected chi connectivity index (χ4v) is 2.19. The summed E-state index contributed by atoms with van der Waals surface area (Å²) < 4.78 is 4.56. The summed E-state index contributed by atoms with van der Waals surface area (Å²) in [6, 6.07) is -0.217. The van der Waals surface area contributed by atoms with Gasteiger partial charge in [-0.25, -0.2) is 0 Å². The highest BCUT2D eigenvalue weighted by Crippen LogP contribution is 2.30. The van der Waals surface area contributed by atoms with Crippen molar-refractivity contribution in [3.8, 4) is 0 Å². The number of hydrogen-bond acceptors (Lipinski definition) is 4. The normalized spacial score (nSPS) is 22.9. The zero-order chi connectivity index (χ0) is 13.1. The van der Waals surface area contributed by atoms with E-state index in [1.54, 1.807) is 7.05 Å². The maximum atomic E-state index is 12.2. The SMILES string of the molecule is COC(=O)CN(C)C(=O)C1NCCCC1(C)C. The van der Waals surface area contributed by atoms with Crippen molar-refractivity contribution in [1.82, 2.24) is 10.2 Å². The first-order valence-corrected chi connectivity index (χ1v) is 5.93. The number of esters is 1. The van der Waals surface area contributed by atoms with Gasteiger partial charge < -0.3 is 15.0 Å². The molecule has 0 spiro atoms. The summed E-state index contributed by atoms with van der Waals surface area (Å²) in [4.78, 5) is 24.8. The molecule has 5 nitrogen and oxygen atoms in total. The lowest BCUT2D eigenvalue weighted by molar-refractivity contribution is -0.148. The van der Waals surface area contributed by atoms with Crippen LogP contribution in [0.4, 0.5) is 0 Å².